The quantitative estimate of drug-likeness (QED) is 0.168. The van der Waals surface area contributed by atoms with Crippen LogP contribution in [-0.4, -0.2) is 68.7 Å². The van der Waals surface area contributed by atoms with Gasteiger partial charge in [0, 0.05) is 38.0 Å². The minimum atomic E-state index is -4.74. The summed E-state index contributed by atoms with van der Waals surface area (Å²) in [7, 11) is -2.16. The predicted octanol–water partition coefficient (Wildman–Crippen LogP) is 4.59. The highest BCUT2D eigenvalue weighted by Crippen LogP contribution is 2.51. The van der Waals surface area contributed by atoms with Crippen LogP contribution in [0.1, 0.15) is 41.1 Å². The maximum atomic E-state index is 14.3. The summed E-state index contributed by atoms with van der Waals surface area (Å²) in [5.41, 5.74) is 0.302. The fraction of sp³-hybridized carbons (Fsp3) is 0.310. The number of allylic oxidation sites excluding steroid dienone is 1. The number of fused-ring (bicyclic) bond motifs is 2. The molecule has 0 bridgehead atoms. The molecular formula is C29H26F5N7O2S. The zero-order chi connectivity index (χ0) is 31.4. The number of carbonyl (C=O) groups is 1. The third-order valence-electron chi connectivity index (χ3n) is 8.14. The molecule has 1 fully saturated rings. The molecule has 0 N–H and O–H groups in total. The maximum absolute atomic E-state index is 14.3. The van der Waals surface area contributed by atoms with E-state index in [2.05, 4.69) is 26.3 Å². The topological polar surface area (TPSA) is 98.8 Å². The molecule has 0 radical (unpaired) electrons. The number of pyridine rings is 1. The van der Waals surface area contributed by atoms with Crippen molar-refractivity contribution in [3.63, 3.8) is 0 Å². The van der Waals surface area contributed by atoms with Gasteiger partial charge in [0.2, 0.25) is 0 Å². The third-order valence-corrected chi connectivity index (χ3v) is 10.3. The highest BCUT2D eigenvalue weighted by molar-refractivity contribution is 7.98. The number of hydrogen-bond donors (Lipinski definition) is 0. The lowest BCUT2D eigenvalue weighted by molar-refractivity contribution is -0.140. The lowest BCUT2D eigenvalue weighted by Crippen LogP contribution is -2.52. The van der Waals surface area contributed by atoms with E-state index in [0.29, 0.717) is 22.6 Å². The third kappa shape index (κ3) is 5.34. The van der Waals surface area contributed by atoms with Crippen molar-refractivity contribution in [2.45, 2.75) is 42.8 Å². The number of carbonyl (C=O) groups excluding carboxylic acids is 1. The van der Waals surface area contributed by atoms with E-state index in [9.17, 15) is 31.0 Å². The Balaban J connectivity index is 1.46. The van der Waals surface area contributed by atoms with Crippen LogP contribution >= 0.6 is 0 Å². The van der Waals surface area contributed by atoms with Crippen molar-refractivity contribution in [3.8, 4) is 5.69 Å². The van der Waals surface area contributed by atoms with Crippen molar-refractivity contribution in [1.82, 2.24) is 34.1 Å². The van der Waals surface area contributed by atoms with E-state index in [4.69, 9.17) is 0 Å². The normalized spacial score (nSPS) is 21.3. The zero-order valence-corrected chi connectivity index (χ0v) is 24.2. The molecule has 0 spiro atoms. The molecule has 1 unspecified atom stereocenters. The average molecular weight is 632 g/mol. The van der Waals surface area contributed by atoms with Crippen molar-refractivity contribution in [2.24, 2.45) is 12.5 Å². The van der Waals surface area contributed by atoms with Crippen molar-refractivity contribution in [2.75, 3.05) is 6.54 Å². The number of aryl methyl sites for hydroxylation is 1. The number of Topliss-reactive ketones (excluding diaryl/α,β-unsaturated/α-hetero) is 1. The first-order chi connectivity index (χ1) is 20.8. The molecule has 3 atom stereocenters. The molecule has 15 heteroatoms. The van der Waals surface area contributed by atoms with Gasteiger partial charge < -0.3 is 0 Å². The Morgan fingerprint density at radius 1 is 1.18 bits per heavy atom. The van der Waals surface area contributed by atoms with Crippen molar-refractivity contribution in [1.29, 1.82) is 0 Å². The van der Waals surface area contributed by atoms with Crippen LogP contribution in [0.15, 0.2) is 65.5 Å². The summed E-state index contributed by atoms with van der Waals surface area (Å²) in [5.74, 6) is 1.98. The molecule has 2 aliphatic rings. The van der Waals surface area contributed by atoms with E-state index in [0.717, 1.165) is 22.6 Å². The summed E-state index contributed by atoms with van der Waals surface area (Å²) in [5, 5.41) is 12.4. The van der Waals surface area contributed by atoms with Gasteiger partial charge in [0.05, 0.1) is 43.3 Å². The number of ketones is 1. The lowest BCUT2D eigenvalue weighted by Gasteiger charge is -2.47. The Kier molecular flexibility index (Phi) is 7.27. The van der Waals surface area contributed by atoms with E-state index >= 15 is 0 Å². The zero-order valence-electron chi connectivity index (χ0n) is 23.3. The number of alkyl halides is 3. The molecule has 230 valence electrons. The molecule has 0 aliphatic heterocycles. The molecule has 44 heavy (non-hydrogen) atoms. The van der Waals surface area contributed by atoms with E-state index in [-0.39, 0.29) is 36.3 Å². The second kappa shape index (κ2) is 10.7. The standard InChI is InChI=1S/C29H26F5N7O2S/c1-39-16-23(15-36-39)44(2,43)40(17-29(32,33)34)22-6-3-18-11-26-25(37-38-41(26)21-7-4-19(30)5-8-21)14-28(18,13-22)27(42)24-12-20(31)9-10-35-24/h4-5,7-12,15-16,22H,2-3,6,13-14,17H2,1H3/t22-,28+,44?/m0/s1. The summed E-state index contributed by atoms with van der Waals surface area (Å²) in [4.78, 5) is 18.4. The molecule has 1 aromatic carbocycles. The maximum Gasteiger partial charge on any atom is 0.402 e. The van der Waals surface area contributed by atoms with Crippen LogP contribution in [-0.2, 0) is 23.2 Å². The van der Waals surface area contributed by atoms with E-state index in [1.54, 1.807) is 13.1 Å². The van der Waals surface area contributed by atoms with Crippen LogP contribution in [0.4, 0.5) is 22.0 Å². The first-order valence-corrected chi connectivity index (χ1v) is 15.2. The Hall–Kier alpha value is -4.24. The Morgan fingerprint density at radius 3 is 2.59 bits per heavy atom. The van der Waals surface area contributed by atoms with E-state index in [1.807, 2.05) is 0 Å². The summed E-state index contributed by atoms with van der Waals surface area (Å²) >= 11 is 0. The first-order valence-electron chi connectivity index (χ1n) is 13.5. The average Bonchev–Trinajstić information content (AvgIpc) is 3.60. The highest BCUT2D eigenvalue weighted by Gasteiger charge is 2.52. The first kappa shape index (κ1) is 29.8. The smallest absolute Gasteiger partial charge is 0.291 e. The number of hydrogen-bond acceptors (Lipinski definition) is 6. The Morgan fingerprint density at radius 2 is 1.93 bits per heavy atom. The number of rotatable bonds is 7. The van der Waals surface area contributed by atoms with Crippen molar-refractivity contribution >= 4 is 27.4 Å². The monoisotopic (exact) mass is 631 g/mol. The van der Waals surface area contributed by atoms with E-state index in [1.165, 1.54) is 46.0 Å². The van der Waals surface area contributed by atoms with Crippen molar-refractivity contribution < 1.29 is 31.0 Å². The molecule has 9 nitrogen and oxygen atoms in total. The van der Waals surface area contributed by atoms with Crippen LogP contribution in [0.3, 0.4) is 0 Å². The largest absolute Gasteiger partial charge is 0.402 e. The van der Waals surface area contributed by atoms with Gasteiger partial charge in [0.1, 0.15) is 23.9 Å². The van der Waals surface area contributed by atoms with Gasteiger partial charge in [-0.05, 0) is 61.5 Å². The molecule has 0 amide bonds. The van der Waals surface area contributed by atoms with Crippen LogP contribution in [0.25, 0.3) is 11.8 Å². The summed E-state index contributed by atoms with van der Waals surface area (Å²) in [6.45, 7) is -1.54. The summed E-state index contributed by atoms with van der Waals surface area (Å²) in [6, 6.07) is 6.60. The van der Waals surface area contributed by atoms with Gasteiger partial charge in [-0.25, -0.2) is 22.0 Å². The minimum absolute atomic E-state index is 0.0194. The van der Waals surface area contributed by atoms with Gasteiger partial charge in [-0.2, -0.15) is 18.3 Å². The molecule has 3 heterocycles. The predicted molar refractivity (Wildman–Crippen MR) is 151 cm³/mol. The van der Waals surface area contributed by atoms with Gasteiger partial charge in [-0.1, -0.05) is 10.8 Å². The number of nitrogens with zero attached hydrogens (tertiary/aromatic N) is 7. The minimum Gasteiger partial charge on any atom is -0.291 e. The van der Waals surface area contributed by atoms with Gasteiger partial charge >= 0.3 is 6.18 Å². The Labute approximate surface area is 249 Å². The SMILES string of the molecule is C=S(=O)(c1cnn(C)c1)N(CC(F)(F)F)[C@H]1CCC2=Cc3c(nnn3-c3ccc(F)cc3)C[C@]2(C(=O)c2cc(F)ccn2)C1. The number of halogens is 5. The second-order valence-corrected chi connectivity index (χ2v) is 13.2. The molecule has 1 saturated carbocycles. The van der Waals surface area contributed by atoms with Gasteiger partial charge in [0.15, 0.2) is 5.78 Å². The van der Waals surface area contributed by atoms with Gasteiger partial charge in [-0.15, -0.1) is 5.10 Å². The number of aromatic nitrogens is 6. The molecule has 4 aromatic rings. The summed E-state index contributed by atoms with van der Waals surface area (Å²) < 4.78 is 87.5. The fourth-order valence-electron chi connectivity index (χ4n) is 6.10. The molecule has 6 rings (SSSR count). The lowest BCUT2D eigenvalue weighted by atomic mass is 9.61. The van der Waals surface area contributed by atoms with Crippen LogP contribution in [0, 0.1) is 17.0 Å². The molecule has 3 aromatic heterocycles. The molecule has 0 saturated heterocycles. The molecular weight excluding hydrogens is 605 g/mol. The van der Waals surface area contributed by atoms with E-state index < -0.39 is 51.3 Å². The summed E-state index contributed by atoms with van der Waals surface area (Å²) in [6.07, 6.45) is 0.684. The number of benzene rings is 1. The Bertz CT molecular complexity index is 1880. The van der Waals surface area contributed by atoms with Crippen LogP contribution in [0.2, 0.25) is 0 Å². The van der Waals surface area contributed by atoms with Gasteiger partial charge in [-0.3, -0.25) is 14.5 Å². The fourth-order valence-corrected chi connectivity index (χ4v) is 7.91. The van der Waals surface area contributed by atoms with Crippen LogP contribution < -0.4 is 0 Å². The van der Waals surface area contributed by atoms with Crippen LogP contribution in [0.5, 0.6) is 0 Å². The van der Waals surface area contributed by atoms with Gasteiger partial charge in [0.25, 0.3) is 0 Å². The second-order valence-electron chi connectivity index (χ2n) is 11.0. The van der Waals surface area contributed by atoms with Crippen molar-refractivity contribution in [3.05, 3.63) is 89.3 Å². The molecule has 2 aliphatic carbocycles. The highest BCUT2D eigenvalue weighted by atomic mass is 32.2.